The van der Waals surface area contributed by atoms with Crippen LogP contribution in [-0.2, 0) is 9.53 Å². The highest BCUT2D eigenvalue weighted by Crippen LogP contribution is 2.43. The molecule has 0 heterocycles. The van der Waals surface area contributed by atoms with Gasteiger partial charge in [0, 0.05) is 0 Å². The Kier molecular flexibility index (Phi) is 5.23. The molecule has 1 rings (SSSR count). The van der Waals surface area contributed by atoms with Gasteiger partial charge in [-0.1, -0.05) is 62.3 Å². The Bertz CT molecular complexity index is 354. The highest BCUT2D eigenvalue weighted by atomic mass is 16.5. The van der Waals surface area contributed by atoms with E-state index in [1.165, 1.54) is 6.42 Å². The summed E-state index contributed by atoms with van der Waals surface area (Å²) < 4.78 is 5.97. The van der Waals surface area contributed by atoms with Crippen molar-refractivity contribution in [3.8, 4) is 0 Å². The maximum Gasteiger partial charge on any atom is 0.310 e. The van der Waals surface area contributed by atoms with Gasteiger partial charge >= 0.3 is 5.97 Å². The summed E-state index contributed by atoms with van der Waals surface area (Å²) in [5.74, 6) is 0.546. The Hall–Kier alpha value is -0.530. The van der Waals surface area contributed by atoms with Gasteiger partial charge in [-0.15, -0.1) is 0 Å². The van der Waals surface area contributed by atoms with Crippen LogP contribution in [0.5, 0.6) is 0 Å². The van der Waals surface area contributed by atoms with E-state index in [-0.39, 0.29) is 34.2 Å². The standard InChI is InChI=1S/C19H36O2/c1-13-10-14(12-19(8,9)11-13)21-16(20)15(17(2,3)4)18(5,6)7/h13-15H,10-12H2,1-9H3. The van der Waals surface area contributed by atoms with Crippen molar-refractivity contribution < 1.29 is 9.53 Å². The van der Waals surface area contributed by atoms with Crippen LogP contribution >= 0.6 is 0 Å². The van der Waals surface area contributed by atoms with Crippen molar-refractivity contribution in [2.24, 2.45) is 28.1 Å². The Balaban J connectivity index is 2.83. The van der Waals surface area contributed by atoms with Gasteiger partial charge in [0.15, 0.2) is 0 Å². The summed E-state index contributed by atoms with van der Waals surface area (Å²) in [4.78, 5) is 12.8. The predicted molar refractivity (Wildman–Crippen MR) is 89.1 cm³/mol. The van der Waals surface area contributed by atoms with E-state index in [0.29, 0.717) is 5.92 Å². The van der Waals surface area contributed by atoms with Crippen LogP contribution in [0.25, 0.3) is 0 Å². The van der Waals surface area contributed by atoms with Crippen LogP contribution in [0.1, 0.15) is 81.6 Å². The van der Waals surface area contributed by atoms with Gasteiger partial charge in [-0.3, -0.25) is 4.79 Å². The molecule has 2 atom stereocenters. The van der Waals surface area contributed by atoms with Crippen LogP contribution in [0.4, 0.5) is 0 Å². The molecule has 0 aromatic rings. The van der Waals surface area contributed by atoms with Gasteiger partial charge in [-0.05, 0) is 41.4 Å². The van der Waals surface area contributed by atoms with Crippen LogP contribution < -0.4 is 0 Å². The summed E-state index contributed by atoms with van der Waals surface area (Å²) in [6.07, 6.45) is 3.31. The minimum atomic E-state index is -0.0784. The molecule has 21 heavy (non-hydrogen) atoms. The van der Waals surface area contributed by atoms with Gasteiger partial charge in [-0.25, -0.2) is 0 Å². The first kappa shape index (κ1) is 18.5. The fraction of sp³-hybridized carbons (Fsp3) is 0.947. The lowest BCUT2D eigenvalue weighted by Crippen LogP contribution is -2.43. The van der Waals surface area contributed by atoms with E-state index in [9.17, 15) is 4.79 Å². The average Bonchev–Trinajstić information content (AvgIpc) is 2.06. The quantitative estimate of drug-likeness (QED) is 0.633. The Labute approximate surface area is 132 Å². The number of rotatable bonds is 2. The summed E-state index contributed by atoms with van der Waals surface area (Å²) in [5.41, 5.74) is 0.123. The molecule has 0 radical (unpaired) electrons. The molecule has 0 amide bonds. The van der Waals surface area contributed by atoms with E-state index in [0.717, 1.165) is 12.8 Å². The first-order valence-corrected chi connectivity index (χ1v) is 8.43. The van der Waals surface area contributed by atoms with Crippen molar-refractivity contribution in [2.45, 2.75) is 87.7 Å². The highest BCUT2D eigenvalue weighted by molar-refractivity contribution is 5.74. The summed E-state index contributed by atoms with van der Waals surface area (Å²) in [5, 5.41) is 0. The number of carbonyl (C=O) groups excluding carboxylic acids is 1. The van der Waals surface area contributed by atoms with Gasteiger partial charge in [0.1, 0.15) is 6.10 Å². The molecule has 2 heteroatoms. The molecule has 0 spiro atoms. The molecule has 124 valence electrons. The molecule has 0 aliphatic heterocycles. The van der Waals surface area contributed by atoms with Crippen molar-refractivity contribution in [1.29, 1.82) is 0 Å². The van der Waals surface area contributed by atoms with Crippen molar-refractivity contribution in [1.82, 2.24) is 0 Å². The van der Waals surface area contributed by atoms with Crippen molar-refractivity contribution in [3.63, 3.8) is 0 Å². The third-order valence-electron chi connectivity index (χ3n) is 4.60. The molecule has 0 aromatic carbocycles. The summed E-state index contributed by atoms with van der Waals surface area (Å²) in [7, 11) is 0. The Morgan fingerprint density at radius 3 is 1.90 bits per heavy atom. The Morgan fingerprint density at radius 1 is 1.05 bits per heavy atom. The van der Waals surface area contributed by atoms with Crippen LogP contribution in [0, 0.1) is 28.1 Å². The maximum atomic E-state index is 12.8. The molecule has 1 aliphatic rings. The fourth-order valence-corrected chi connectivity index (χ4v) is 4.59. The minimum Gasteiger partial charge on any atom is -0.462 e. The van der Waals surface area contributed by atoms with Crippen molar-refractivity contribution >= 4 is 5.97 Å². The SMILES string of the molecule is CC1CC(OC(=O)C(C(C)(C)C)C(C)(C)C)CC(C)(C)C1. The van der Waals surface area contributed by atoms with Crippen molar-refractivity contribution in [2.75, 3.05) is 0 Å². The second-order valence-electron chi connectivity index (χ2n) is 10.1. The molecule has 0 aromatic heterocycles. The first-order valence-electron chi connectivity index (χ1n) is 8.43. The predicted octanol–water partition coefficient (Wildman–Crippen LogP) is 5.45. The molecule has 0 bridgehead atoms. The van der Waals surface area contributed by atoms with E-state index >= 15 is 0 Å². The monoisotopic (exact) mass is 296 g/mol. The molecule has 2 nitrogen and oxygen atoms in total. The first-order chi connectivity index (χ1) is 9.22. The van der Waals surface area contributed by atoms with Gasteiger partial charge in [0.25, 0.3) is 0 Å². The Morgan fingerprint density at radius 2 is 1.52 bits per heavy atom. The van der Waals surface area contributed by atoms with Crippen LogP contribution in [-0.4, -0.2) is 12.1 Å². The average molecular weight is 296 g/mol. The number of esters is 1. The fourth-order valence-electron chi connectivity index (χ4n) is 4.59. The minimum absolute atomic E-state index is 0.00935. The molecular formula is C19H36O2. The van der Waals surface area contributed by atoms with E-state index in [2.05, 4.69) is 62.3 Å². The maximum absolute atomic E-state index is 12.8. The molecule has 1 aliphatic carbocycles. The van der Waals surface area contributed by atoms with E-state index < -0.39 is 0 Å². The van der Waals surface area contributed by atoms with Crippen LogP contribution in [0.15, 0.2) is 0 Å². The summed E-state index contributed by atoms with van der Waals surface area (Å²) in [6.45, 7) is 19.7. The number of carbonyl (C=O) groups is 1. The second-order valence-corrected chi connectivity index (χ2v) is 10.1. The van der Waals surface area contributed by atoms with E-state index in [1.54, 1.807) is 0 Å². The largest absolute Gasteiger partial charge is 0.462 e. The molecule has 0 saturated heterocycles. The number of hydrogen-bond donors (Lipinski definition) is 0. The molecule has 2 unspecified atom stereocenters. The van der Waals surface area contributed by atoms with E-state index in [4.69, 9.17) is 4.74 Å². The van der Waals surface area contributed by atoms with Gasteiger partial charge in [0.05, 0.1) is 5.92 Å². The number of ether oxygens (including phenoxy) is 1. The normalized spacial score (nSPS) is 26.8. The third-order valence-corrected chi connectivity index (χ3v) is 4.60. The van der Waals surface area contributed by atoms with E-state index in [1.807, 2.05) is 0 Å². The molecular weight excluding hydrogens is 260 g/mol. The molecule has 1 fully saturated rings. The lowest BCUT2D eigenvalue weighted by molar-refractivity contribution is -0.167. The van der Waals surface area contributed by atoms with Crippen LogP contribution in [0.3, 0.4) is 0 Å². The second kappa shape index (κ2) is 5.93. The summed E-state index contributed by atoms with van der Waals surface area (Å²) in [6, 6.07) is 0. The molecule has 1 saturated carbocycles. The van der Waals surface area contributed by atoms with Gasteiger partial charge in [0.2, 0.25) is 0 Å². The van der Waals surface area contributed by atoms with Crippen LogP contribution in [0.2, 0.25) is 0 Å². The lowest BCUT2D eigenvalue weighted by atomic mass is 9.66. The zero-order valence-corrected chi connectivity index (χ0v) is 15.7. The smallest absolute Gasteiger partial charge is 0.310 e. The number of hydrogen-bond acceptors (Lipinski definition) is 2. The third kappa shape index (κ3) is 5.30. The zero-order valence-electron chi connectivity index (χ0n) is 15.7. The lowest BCUT2D eigenvalue weighted by Gasteiger charge is -2.42. The van der Waals surface area contributed by atoms with Gasteiger partial charge in [-0.2, -0.15) is 0 Å². The topological polar surface area (TPSA) is 26.3 Å². The van der Waals surface area contributed by atoms with Crippen molar-refractivity contribution in [3.05, 3.63) is 0 Å². The zero-order chi connectivity index (χ0) is 16.6. The summed E-state index contributed by atoms with van der Waals surface area (Å²) >= 11 is 0. The molecule has 0 N–H and O–H groups in total. The highest BCUT2D eigenvalue weighted by Gasteiger charge is 2.43. The van der Waals surface area contributed by atoms with Gasteiger partial charge < -0.3 is 4.74 Å².